The maximum absolute atomic E-state index is 13.6. The Morgan fingerprint density at radius 2 is 1.39 bits per heavy atom. The van der Waals surface area contributed by atoms with Gasteiger partial charge in [-0.3, -0.25) is 4.79 Å². The van der Waals surface area contributed by atoms with Crippen molar-refractivity contribution in [1.82, 2.24) is 0 Å². The quantitative estimate of drug-likeness (QED) is 0.517. The van der Waals surface area contributed by atoms with E-state index >= 15 is 0 Å². The summed E-state index contributed by atoms with van der Waals surface area (Å²) in [4.78, 5) is 13.6. The van der Waals surface area contributed by atoms with E-state index in [2.05, 4.69) is 95.3 Å². The van der Waals surface area contributed by atoms with Crippen LogP contribution in [0.25, 0.3) is 0 Å². The molecule has 0 aromatic heterocycles. The van der Waals surface area contributed by atoms with Gasteiger partial charge in [-0.05, 0) is 47.1 Å². The first-order valence-electron chi connectivity index (χ1n) is 12.3. The highest BCUT2D eigenvalue weighted by atomic mass is 28.3. The van der Waals surface area contributed by atoms with E-state index in [1.807, 2.05) is 0 Å². The van der Waals surface area contributed by atoms with Gasteiger partial charge in [0.05, 0.1) is 0 Å². The zero-order valence-electron chi connectivity index (χ0n) is 20.0. The van der Waals surface area contributed by atoms with Gasteiger partial charge in [-0.2, -0.15) is 0 Å². The standard InChI is InChI=1S/C29H38OSi/c1-26(2,3)31(22-13-8-6-9-14-22,23-15-10-7-11-16-23)24-19-28(5)25(30)21-27(4)17-12-18-29(27,28)20-24/h6-11,13-16,24H,12,17-21H2,1-5H3/t24-,27+,28+,29-/m1/s1. The lowest BCUT2D eigenvalue weighted by Gasteiger charge is -2.49. The minimum Gasteiger partial charge on any atom is -0.299 e. The Bertz CT molecular complexity index is 951. The van der Waals surface area contributed by atoms with Gasteiger partial charge in [0, 0.05) is 11.8 Å². The summed E-state index contributed by atoms with van der Waals surface area (Å²) in [6.45, 7) is 12.2. The molecule has 1 nitrogen and oxygen atoms in total. The molecule has 2 aromatic carbocycles. The third-order valence-corrected chi connectivity index (χ3v) is 16.7. The second-order valence-corrected chi connectivity index (χ2v) is 17.4. The summed E-state index contributed by atoms with van der Waals surface area (Å²) in [5, 5.41) is 3.25. The third kappa shape index (κ3) is 2.52. The predicted molar refractivity (Wildman–Crippen MR) is 133 cm³/mol. The summed E-state index contributed by atoms with van der Waals surface area (Å²) < 4.78 is 0. The number of carbonyl (C=O) groups excluding carboxylic acids is 1. The summed E-state index contributed by atoms with van der Waals surface area (Å²) in [6.07, 6.45) is 6.92. The van der Waals surface area contributed by atoms with Crippen LogP contribution in [-0.2, 0) is 4.79 Å². The molecule has 3 fully saturated rings. The fourth-order valence-corrected chi connectivity index (χ4v) is 16.1. The number of hydrogen-bond acceptors (Lipinski definition) is 1. The average molecular weight is 431 g/mol. The van der Waals surface area contributed by atoms with E-state index in [-0.39, 0.29) is 21.3 Å². The number of benzene rings is 2. The highest BCUT2D eigenvalue weighted by Crippen LogP contribution is 2.78. The number of Topliss-reactive ketones (excluding diaryl/α,β-unsaturated/α-hetero) is 1. The molecular formula is C29H38OSi. The highest BCUT2D eigenvalue weighted by Gasteiger charge is 2.75. The van der Waals surface area contributed by atoms with E-state index in [0.29, 0.717) is 11.3 Å². The number of rotatable bonds is 3. The van der Waals surface area contributed by atoms with Crippen molar-refractivity contribution >= 4 is 24.2 Å². The van der Waals surface area contributed by atoms with Crippen LogP contribution in [-0.4, -0.2) is 13.9 Å². The molecule has 3 aliphatic carbocycles. The lowest BCUT2D eigenvalue weighted by atomic mass is 9.61. The molecule has 2 heteroatoms. The van der Waals surface area contributed by atoms with Gasteiger partial charge >= 0.3 is 0 Å². The van der Waals surface area contributed by atoms with Gasteiger partial charge in [0.1, 0.15) is 13.9 Å². The van der Waals surface area contributed by atoms with Crippen molar-refractivity contribution < 1.29 is 4.79 Å². The number of carbonyl (C=O) groups is 1. The van der Waals surface area contributed by atoms with Crippen molar-refractivity contribution in [2.45, 2.75) is 83.7 Å². The minimum absolute atomic E-state index is 0.143. The minimum atomic E-state index is -2.21. The maximum Gasteiger partial charge on any atom is 0.139 e. The molecule has 0 saturated heterocycles. The second-order valence-electron chi connectivity index (χ2n) is 12.3. The molecule has 0 amide bonds. The Balaban J connectivity index is 1.76. The molecule has 164 valence electrons. The number of hydrogen-bond donors (Lipinski definition) is 0. The molecule has 0 unspecified atom stereocenters. The fraction of sp³-hybridized carbons (Fsp3) is 0.552. The first-order valence-corrected chi connectivity index (χ1v) is 14.3. The molecule has 3 saturated carbocycles. The lowest BCUT2D eigenvalue weighted by Crippen LogP contribution is -2.67. The van der Waals surface area contributed by atoms with Crippen molar-refractivity contribution in [1.29, 1.82) is 0 Å². The molecule has 31 heavy (non-hydrogen) atoms. The Labute approximate surface area is 189 Å². The largest absolute Gasteiger partial charge is 0.299 e. The SMILES string of the molecule is CC(C)(C)[Si](c1ccccc1)(c1ccccc1)[C@H]1C[C@]23CCC[C@@]2(C)CC(=O)[C@]3(C)C1. The molecule has 3 aliphatic rings. The average Bonchev–Trinajstić information content (AvgIpc) is 3.26. The van der Waals surface area contributed by atoms with Crippen LogP contribution >= 0.6 is 0 Å². The summed E-state index contributed by atoms with van der Waals surface area (Å²) in [6, 6.07) is 22.8. The van der Waals surface area contributed by atoms with Gasteiger partial charge in [0.2, 0.25) is 0 Å². The molecule has 0 aliphatic heterocycles. The van der Waals surface area contributed by atoms with Crippen molar-refractivity contribution in [3.05, 3.63) is 60.7 Å². The van der Waals surface area contributed by atoms with Gasteiger partial charge < -0.3 is 0 Å². The molecule has 5 rings (SSSR count). The predicted octanol–water partition coefficient (Wildman–Crippen LogP) is 6.37. The van der Waals surface area contributed by atoms with E-state index in [1.165, 1.54) is 25.7 Å². The summed E-state index contributed by atoms with van der Waals surface area (Å²) >= 11 is 0. The normalized spacial score (nSPS) is 35.3. The van der Waals surface area contributed by atoms with Crippen LogP contribution in [0.15, 0.2) is 60.7 Å². The lowest BCUT2D eigenvalue weighted by molar-refractivity contribution is -0.127. The van der Waals surface area contributed by atoms with E-state index < -0.39 is 8.07 Å². The second kappa shape index (κ2) is 6.67. The van der Waals surface area contributed by atoms with Crippen LogP contribution in [0.3, 0.4) is 0 Å². The van der Waals surface area contributed by atoms with Crippen LogP contribution in [0.1, 0.15) is 73.1 Å². The smallest absolute Gasteiger partial charge is 0.139 e. The highest BCUT2D eigenvalue weighted by molar-refractivity contribution is 7.05. The number of ketones is 1. The zero-order chi connectivity index (χ0) is 22.1. The first-order chi connectivity index (χ1) is 14.6. The van der Waals surface area contributed by atoms with Gasteiger partial charge in [-0.15, -0.1) is 0 Å². The third-order valence-electron chi connectivity index (χ3n) is 10.2. The molecule has 0 N–H and O–H groups in total. The fourth-order valence-electron chi connectivity index (χ4n) is 9.03. The van der Waals surface area contributed by atoms with Gasteiger partial charge in [-0.1, -0.05) is 112 Å². The molecule has 0 heterocycles. The molecule has 1 spiro atoms. The summed E-state index contributed by atoms with van der Waals surface area (Å²) in [7, 11) is -2.21. The summed E-state index contributed by atoms with van der Waals surface area (Å²) in [5.74, 6) is 0.565. The van der Waals surface area contributed by atoms with Crippen LogP contribution < -0.4 is 10.4 Å². The van der Waals surface area contributed by atoms with E-state index in [4.69, 9.17) is 0 Å². The van der Waals surface area contributed by atoms with Crippen LogP contribution in [0.4, 0.5) is 0 Å². The maximum atomic E-state index is 13.6. The molecular weight excluding hydrogens is 392 g/mol. The van der Waals surface area contributed by atoms with Crippen molar-refractivity contribution in [3.8, 4) is 0 Å². The molecule has 4 atom stereocenters. The van der Waals surface area contributed by atoms with Crippen molar-refractivity contribution in [2.24, 2.45) is 16.2 Å². The first kappa shape index (κ1) is 21.2. The monoisotopic (exact) mass is 430 g/mol. The van der Waals surface area contributed by atoms with Crippen LogP contribution in [0.2, 0.25) is 10.6 Å². The zero-order valence-corrected chi connectivity index (χ0v) is 21.0. The molecule has 2 aromatic rings. The molecule has 0 bridgehead atoms. The topological polar surface area (TPSA) is 17.1 Å². The van der Waals surface area contributed by atoms with Gasteiger partial charge in [0.15, 0.2) is 0 Å². The Hall–Kier alpha value is -1.67. The Kier molecular flexibility index (Phi) is 4.56. The Morgan fingerprint density at radius 3 is 1.90 bits per heavy atom. The molecule has 0 radical (unpaired) electrons. The van der Waals surface area contributed by atoms with Crippen LogP contribution in [0.5, 0.6) is 0 Å². The van der Waals surface area contributed by atoms with E-state index in [1.54, 1.807) is 10.4 Å². The van der Waals surface area contributed by atoms with Crippen molar-refractivity contribution in [3.63, 3.8) is 0 Å². The summed E-state index contributed by atoms with van der Waals surface area (Å²) in [5.41, 5.74) is 0.855. The van der Waals surface area contributed by atoms with Crippen LogP contribution in [0, 0.1) is 16.2 Å². The van der Waals surface area contributed by atoms with Crippen molar-refractivity contribution in [2.75, 3.05) is 0 Å². The van der Waals surface area contributed by atoms with E-state index in [0.717, 1.165) is 12.8 Å². The van der Waals surface area contributed by atoms with Gasteiger partial charge in [0.25, 0.3) is 0 Å². The van der Waals surface area contributed by atoms with Gasteiger partial charge in [-0.25, -0.2) is 0 Å². The van der Waals surface area contributed by atoms with E-state index in [9.17, 15) is 4.79 Å². The Morgan fingerprint density at radius 1 is 0.839 bits per heavy atom.